The minimum Gasteiger partial charge on any atom is -0.619 e. The summed E-state index contributed by atoms with van der Waals surface area (Å²) >= 11 is 0. The van der Waals surface area contributed by atoms with E-state index in [1.807, 2.05) is 0 Å². The van der Waals surface area contributed by atoms with Crippen LogP contribution in [-0.4, -0.2) is 16.2 Å². The number of nitrogens with zero attached hydrogens (tertiary/aromatic N) is 2. The zero-order valence-electron chi connectivity index (χ0n) is 5.52. The van der Waals surface area contributed by atoms with Crippen LogP contribution in [0.15, 0.2) is 18.3 Å². The van der Waals surface area contributed by atoms with E-state index < -0.39 is 11.1 Å². The first kappa shape index (κ1) is 7.58. The van der Waals surface area contributed by atoms with Crippen LogP contribution >= 0.6 is 0 Å². The number of hydrogen-bond acceptors (Lipinski definition) is 4. The second kappa shape index (κ2) is 3.04. The molecule has 3 N–H and O–H groups in total. The maximum Gasteiger partial charge on any atom is 0.418 e. The average Bonchev–Trinajstić information content (AvgIpc) is 2.05. The fourth-order valence-corrected chi connectivity index (χ4v) is 0.549. The fourth-order valence-electron chi connectivity index (χ4n) is 0.549. The Labute approximate surface area is 62.2 Å². The normalized spacial score (nSPS) is 12.5. The largest absolute Gasteiger partial charge is 0.619 e. The van der Waals surface area contributed by atoms with Crippen molar-refractivity contribution in [1.29, 1.82) is 0 Å². The molecule has 1 atom stereocenters. The second-order valence-electron chi connectivity index (χ2n) is 1.80. The third-order valence-electron chi connectivity index (χ3n) is 1.03. The molecular weight excluding hydrogens is 148 g/mol. The Morgan fingerprint density at radius 1 is 1.73 bits per heavy atom. The van der Waals surface area contributed by atoms with E-state index in [4.69, 9.17) is 5.73 Å². The van der Waals surface area contributed by atoms with Gasteiger partial charge in [0.15, 0.2) is 0 Å². The molecule has 0 radical (unpaired) electrons. The Kier molecular flexibility index (Phi) is 2.09. The van der Waals surface area contributed by atoms with Crippen molar-refractivity contribution < 1.29 is 9.86 Å². The number of nitrogens with one attached hydrogen (secondary N) is 1. The molecule has 6 nitrogen and oxygen atoms in total. The number of urea groups is 1. The van der Waals surface area contributed by atoms with Crippen LogP contribution in [0.2, 0.25) is 0 Å². The summed E-state index contributed by atoms with van der Waals surface area (Å²) < 4.78 is 0. The molecule has 58 valence electrons. The molecule has 0 aliphatic carbocycles. The first-order valence-electron chi connectivity index (χ1n) is 2.83. The van der Waals surface area contributed by atoms with Gasteiger partial charge >= 0.3 is 6.03 Å². The van der Waals surface area contributed by atoms with Crippen molar-refractivity contribution in [2.75, 3.05) is 0 Å². The van der Waals surface area contributed by atoms with Crippen LogP contribution in [0.25, 0.3) is 0 Å². The quantitative estimate of drug-likeness (QED) is 0.484. The molecule has 2 amide bonds. The molecular formula is C5H6N4O2. The number of rotatable bonds is 1. The van der Waals surface area contributed by atoms with Gasteiger partial charge in [-0.05, 0) is 6.07 Å². The van der Waals surface area contributed by atoms with Gasteiger partial charge in [0.2, 0.25) is 0 Å². The van der Waals surface area contributed by atoms with Gasteiger partial charge in [0.05, 0.1) is 6.20 Å². The van der Waals surface area contributed by atoms with Gasteiger partial charge in [-0.2, -0.15) is 5.10 Å². The zero-order valence-corrected chi connectivity index (χ0v) is 5.52. The lowest BCUT2D eigenvalue weighted by molar-refractivity contribution is -0.682. The summed E-state index contributed by atoms with van der Waals surface area (Å²) in [6.45, 7) is 0. The topological polar surface area (TPSA) is 96.4 Å². The van der Waals surface area contributed by atoms with E-state index in [1.54, 1.807) is 0 Å². The van der Waals surface area contributed by atoms with Crippen LogP contribution in [-0.2, 0) is 0 Å². The van der Waals surface area contributed by atoms with Gasteiger partial charge in [0.1, 0.15) is 0 Å². The Morgan fingerprint density at radius 2 is 2.45 bits per heavy atom. The van der Waals surface area contributed by atoms with Gasteiger partial charge in [-0.1, -0.05) is 5.10 Å². The monoisotopic (exact) mass is 154 g/mol. The molecule has 0 aliphatic rings. The number of primary amides is 1. The SMILES string of the molecule is NC(=O)[NH+]([O-])c1cccnn1. The minimum absolute atomic E-state index is 0.0278. The van der Waals surface area contributed by atoms with E-state index in [2.05, 4.69) is 10.2 Å². The van der Waals surface area contributed by atoms with Crippen LogP contribution in [0, 0.1) is 5.21 Å². The maximum atomic E-state index is 10.8. The van der Waals surface area contributed by atoms with E-state index in [-0.39, 0.29) is 5.82 Å². The Hall–Kier alpha value is -1.53. The van der Waals surface area contributed by atoms with E-state index >= 15 is 0 Å². The molecule has 0 saturated carbocycles. The molecule has 6 heteroatoms. The number of quaternary nitrogens is 1. The summed E-state index contributed by atoms with van der Waals surface area (Å²) in [4.78, 5) is 10.3. The Balaban J connectivity index is 2.85. The zero-order chi connectivity index (χ0) is 8.27. The van der Waals surface area contributed by atoms with Gasteiger partial charge in [-0.15, -0.1) is 0 Å². The molecule has 0 aliphatic heterocycles. The van der Waals surface area contributed by atoms with Gasteiger partial charge in [-0.3, -0.25) is 0 Å². The number of aromatic nitrogens is 2. The highest BCUT2D eigenvalue weighted by Crippen LogP contribution is 1.87. The van der Waals surface area contributed by atoms with Crippen LogP contribution in [0.3, 0.4) is 0 Å². The van der Waals surface area contributed by atoms with Crippen LogP contribution in [0.4, 0.5) is 10.6 Å². The van der Waals surface area contributed by atoms with Crippen molar-refractivity contribution in [3.63, 3.8) is 0 Å². The summed E-state index contributed by atoms with van der Waals surface area (Å²) in [5.74, 6) is -0.0278. The lowest BCUT2D eigenvalue weighted by Crippen LogP contribution is -3.06. The second-order valence-corrected chi connectivity index (χ2v) is 1.80. The number of carbonyl (C=O) groups excluding carboxylic acids is 1. The summed E-state index contributed by atoms with van der Waals surface area (Å²) in [5.41, 5.74) is 4.71. The third kappa shape index (κ3) is 1.69. The smallest absolute Gasteiger partial charge is 0.418 e. The predicted molar refractivity (Wildman–Crippen MR) is 35.6 cm³/mol. The summed E-state index contributed by atoms with van der Waals surface area (Å²) in [6.07, 6.45) is 1.40. The summed E-state index contributed by atoms with van der Waals surface area (Å²) in [5, 5.41) is 16.8. The number of hydroxylamine groups is 1. The number of carbonyl (C=O) groups is 1. The van der Waals surface area contributed by atoms with E-state index in [0.717, 1.165) is 0 Å². The van der Waals surface area contributed by atoms with E-state index in [0.29, 0.717) is 0 Å². The van der Waals surface area contributed by atoms with E-state index in [1.165, 1.54) is 18.3 Å². The third-order valence-corrected chi connectivity index (χ3v) is 1.03. The molecule has 1 unspecified atom stereocenters. The van der Waals surface area contributed by atoms with Crippen LogP contribution < -0.4 is 10.8 Å². The van der Waals surface area contributed by atoms with Crippen molar-refractivity contribution in [1.82, 2.24) is 10.2 Å². The number of nitrogens with two attached hydrogens (primary N) is 1. The minimum atomic E-state index is -1.02. The van der Waals surface area contributed by atoms with Crippen molar-refractivity contribution in [3.8, 4) is 0 Å². The lowest BCUT2D eigenvalue weighted by Gasteiger charge is -2.12. The highest BCUT2D eigenvalue weighted by Gasteiger charge is 2.08. The predicted octanol–water partition coefficient (Wildman–Crippen LogP) is -1.43. The van der Waals surface area contributed by atoms with E-state index in [9.17, 15) is 10.0 Å². The maximum absolute atomic E-state index is 10.8. The van der Waals surface area contributed by atoms with Crippen LogP contribution in [0.1, 0.15) is 0 Å². The standard InChI is InChI=1S/C5H6N4O2/c6-5(10)9(11)4-2-1-3-7-8-4/h1-3,9H,(H2,6,10). The van der Waals surface area contributed by atoms with Crippen molar-refractivity contribution in [3.05, 3.63) is 23.5 Å². The summed E-state index contributed by atoms with van der Waals surface area (Å²) in [6, 6.07) is 1.86. The summed E-state index contributed by atoms with van der Waals surface area (Å²) in [7, 11) is 0. The van der Waals surface area contributed by atoms with Crippen molar-refractivity contribution in [2.45, 2.75) is 0 Å². The highest BCUT2D eigenvalue weighted by atomic mass is 16.5. The molecule has 1 heterocycles. The Bertz CT molecular complexity index is 250. The van der Waals surface area contributed by atoms with Crippen LogP contribution in [0.5, 0.6) is 0 Å². The fraction of sp³-hybridized carbons (Fsp3) is 0. The van der Waals surface area contributed by atoms with Gasteiger partial charge < -0.3 is 10.9 Å². The number of hydrogen-bond donors (Lipinski definition) is 2. The molecule has 1 rings (SSSR count). The molecule has 1 aromatic rings. The van der Waals surface area contributed by atoms with Crippen molar-refractivity contribution in [2.24, 2.45) is 5.73 Å². The average molecular weight is 154 g/mol. The molecule has 1 aromatic heterocycles. The van der Waals surface area contributed by atoms with Gasteiger partial charge in [0.25, 0.3) is 5.82 Å². The first-order chi connectivity index (χ1) is 5.22. The first-order valence-corrected chi connectivity index (χ1v) is 2.83. The molecule has 0 saturated heterocycles. The molecule has 0 bridgehead atoms. The number of amides is 2. The Morgan fingerprint density at radius 3 is 2.91 bits per heavy atom. The molecule has 11 heavy (non-hydrogen) atoms. The molecule has 0 aromatic carbocycles. The van der Waals surface area contributed by atoms with Crippen molar-refractivity contribution >= 4 is 11.8 Å². The molecule has 0 fully saturated rings. The highest BCUT2D eigenvalue weighted by molar-refractivity contribution is 5.64. The lowest BCUT2D eigenvalue weighted by atomic mass is 10.5. The van der Waals surface area contributed by atoms with Gasteiger partial charge in [0, 0.05) is 6.07 Å². The molecule has 0 spiro atoms. The van der Waals surface area contributed by atoms with Gasteiger partial charge in [-0.25, -0.2) is 9.86 Å².